The predicted molar refractivity (Wildman–Crippen MR) is 81.4 cm³/mol. The lowest BCUT2D eigenvalue weighted by Crippen LogP contribution is -1.98. The van der Waals surface area contributed by atoms with E-state index in [1.54, 1.807) is 6.07 Å². The van der Waals surface area contributed by atoms with E-state index in [9.17, 15) is 0 Å². The molecule has 1 aromatic carbocycles. The van der Waals surface area contributed by atoms with Gasteiger partial charge in [0.2, 0.25) is 0 Å². The van der Waals surface area contributed by atoms with Crippen molar-refractivity contribution in [2.24, 2.45) is 0 Å². The number of halogens is 2. The molecule has 0 amide bonds. The van der Waals surface area contributed by atoms with Crippen LogP contribution in [0.5, 0.6) is 0 Å². The van der Waals surface area contributed by atoms with Gasteiger partial charge in [0.1, 0.15) is 16.7 Å². The van der Waals surface area contributed by atoms with E-state index < -0.39 is 0 Å². The molecule has 20 heavy (non-hydrogen) atoms. The van der Waals surface area contributed by atoms with E-state index in [0.717, 1.165) is 10.9 Å². The van der Waals surface area contributed by atoms with Gasteiger partial charge in [-0.25, -0.2) is 9.97 Å². The average Bonchev–Trinajstić information content (AvgIpc) is 2.87. The number of aromatic nitrogens is 2. The molecule has 3 aromatic rings. The minimum absolute atomic E-state index is 0.457. The lowest BCUT2D eigenvalue weighted by Gasteiger charge is -2.05. The third-order valence-corrected chi connectivity index (χ3v) is 3.84. The third-order valence-electron chi connectivity index (χ3n) is 3.18. The van der Waals surface area contributed by atoms with E-state index in [2.05, 4.69) is 9.97 Å². The minimum atomic E-state index is 0.457. The monoisotopic (exact) mass is 306 g/mol. The number of fused-ring (bicyclic) bond motifs is 1. The largest absolute Gasteiger partial charge is 0.453 e. The fourth-order valence-corrected chi connectivity index (χ4v) is 2.48. The number of hydrogen-bond acceptors (Lipinski definition) is 3. The molecule has 0 atom stereocenters. The van der Waals surface area contributed by atoms with Crippen molar-refractivity contribution in [1.82, 2.24) is 9.97 Å². The van der Waals surface area contributed by atoms with Crippen LogP contribution in [-0.2, 0) is 6.42 Å². The highest BCUT2D eigenvalue weighted by atomic mass is 35.5. The Labute approximate surface area is 126 Å². The van der Waals surface area contributed by atoms with Crippen LogP contribution in [0, 0.1) is 6.92 Å². The predicted octanol–water partition coefficient (Wildman–Crippen LogP) is 5.07. The number of furan rings is 1. The van der Waals surface area contributed by atoms with E-state index in [4.69, 9.17) is 27.6 Å². The zero-order valence-electron chi connectivity index (χ0n) is 11.1. The highest BCUT2D eigenvalue weighted by Crippen LogP contribution is 2.33. The fraction of sp³-hybridized carbons (Fsp3) is 0.200. The first-order valence-electron chi connectivity index (χ1n) is 6.31. The molecular formula is C15H12Cl2N2O. The van der Waals surface area contributed by atoms with Crippen LogP contribution < -0.4 is 0 Å². The lowest BCUT2D eigenvalue weighted by molar-refractivity contribution is 0.627. The Bertz CT molecular complexity index is 796. The van der Waals surface area contributed by atoms with E-state index in [1.807, 2.05) is 32.0 Å². The van der Waals surface area contributed by atoms with Crippen LogP contribution in [-0.4, -0.2) is 9.97 Å². The summed E-state index contributed by atoms with van der Waals surface area (Å²) in [6.45, 7) is 3.87. The van der Waals surface area contributed by atoms with Gasteiger partial charge in [0.15, 0.2) is 11.3 Å². The lowest BCUT2D eigenvalue weighted by atomic mass is 10.2. The fourth-order valence-electron chi connectivity index (χ4n) is 2.07. The third kappa shape index (κ3) is 2.17. The first kappa shape index (κ1) is 13.4. The minimum Gasteiger partial charge on any atom is -0.453 e. The first-order chi connectivity index (χ1) is 9.60. The van der Waals surface area contributed by atoms with E-state index in [1.165, 1.54) is 0 Å². The van der Waals surface area contributed by atoms with Gasteiger partial charge in [-0.2, -0.15) is 0 Å². The van der Waals surface area contributed by atoms with Crippen molar-refractivity contribution in [2.75, 3.05) is 0 Å². The number of aryl methyl sites for hydroxylation is 1. The quantitative estimate of drug-likeness (QED) is 0.621. The van der Waals surface area contributed by atoms with Crippen LogP contribution in [0.4, 0.5) is 0 Å². The normalized spacial score (nSPS) is 11.2. The molecule has 0 saturated heterocycles. The Balaban J connectivity index is 2.25. The maximum Gasteiger partial charge on any atom is 0.154 e. The molecule has 3 nitrogen and oxygen atoms in total. The molecule has 0 unspecified atom stereocenters. The second kappa shape index (κ2) is 5.08. The molecule has 0 fully saturated rings. The Hall–Kier alpha value is -1.58. The summed E-state index contributed by atoms with van der Waals surface area (Å²) in [5.41, 5.74) is 2.18. The molecule has 0 N–H and O–H groups in total. The zero-order chi connectivity index (χ0) is 14.3. The van der Waals surface area contributed by atoms with Gasteiger partial charge in [-0.05, 0) is 19.1 Å². The van der Waals surface area contributed by atoms with Crippen LogP contribution in [0.25, 0.3) is 22.4 Å². The van der Waals surface area contributed by atoms with Crippen LogP contribution in [0.3, 0.4) is 0 Å². The molecule has 0 aliphatic carbocycles. The smallest absolute Gasteiger partial charge is 0.154 e. The van der Waals surface area contributed by atoms with Crippen molar-refractivity contribution in [3.8, 4) is 11.5 Å². The molecule has 5 heteroatoms. The SMILES string of the molecule is CCc1nc(Cl)c(C)c(-c2cc3cccc(Cl)c3o2)n1. The molecule has 0 aliphatic rings. The topological polar surface area (TPSA) is 38.9 Å². The summed E-state index contributed by atoms with van der Waals surface area (Å²) in [4.78, 5) is 8.75. The highest BCUT2D eigenvalue weighted by Gasteiger charge is 2.15. The van der Waals surface area contributed by atoms with Crippen molar-refractivity contribution in [2.45, 2.75) is 20.3 Å². The Morgan fingerprint density at radius 1 is 1.20 bits per heavy atom. The first-order valence-corrected chi connectivity index (χ1v) is 7.07. The summed E-state index contributed by atoms with van der Waals surface area (Å²) in [5, 5.41) is 1.99. The molecule has 0 spiro atoms. The number of rotatable bonds is 2. The van der Waals surface area contributed by atoms with Crippen LogP contribution in [0.15, 0.2) is 28.7 Å². The number of benzene rings is 1. The Morgan fingerprint density at radius 3 is 2.70 bits per heavy atom. The van der Waals surface area contributed by atoms with Crippen molar-refractivity contribution in [3.05, 3.63) is 45.8 Å². The van der Waals surface area contributed by atoms with Gasteiger partial charge in [-0.3, -0.25) is 0 Å². The Morgan fingerprint density at radius 2 is 2.00 bits per heavy atom. The average molecular weight is 307 g/mol. The van der Waals surface area contributed by atoms with E-state index >= 15 is 0 Å². The highest BCUT2D eigenvalue weighted by molar-refractivity contribution is 6.34. The molecule has 2 aromatic heterocycles. The van der Waals surface area contributed by atoms with Gasteiger partial charge < -0.3 is 4.42 Å². The van der Waals surface area contributed by atoms with Crippen molar-refractivity contribution < 1.29 is 4.42 Å². The van der Waals surface area contributed by atoms with Gasteiger partial charge in [-0.15, -0.1) is 0 Å². The molecule has 102 valence electrons. The molecule has 0 bridgehead atoms. The molecule has 0 radical (unpaired) electrons. The maximum absolute atomic E-state index is 6.16. The summed E-state index contributed by atoms with van der Waals surface area (Å²) < 4.78 is 5.84. The Kier molecular flexibility index (Phi) is 3.40. The molecular weight excluding hydrogens is 295 g/mol. The van der Waals surface area contributed by atoms with E-state index in [0.29, 0.717) is 39.5 Å². The van der Waals surface area contributed by atoms with E-state index in [-0.39, 0.29) is 0 Å². The van der Waals surface area contributed by atoms with Crippen molar-refractivity contribution >= 4 is 34.2 Å². The van der Waals surface area contributed by atoms with Crippen molar-refractivity contribution in [1.29, 1.82) is 0 Å². The summed E-state index contributed by atoms with van der Waals surface area (Å²) in [5.74, 6) is 1.35. The summed E-state index contributed by atoms with van der Waals surface area (Å²) >= 11 is 12.3. The summed E-state index contributed by atoms with van der Waals surface area (Å²) in [7, 11) is 0. The van der Waals surface area contributed by atoms with Gasteiger partial charge >= 0.3 is 0 Å². The van der Waals surface area contributed by atoms with Crippen molar-refractivity contribution in [3.63, 3.8) is 0 Å². The number of para-hydroxylation sites is 1. The summed E-state index contributed by atoms with van der Waals surface area (Å²) in [6, 6.07) is 7.56. The number of hydrogen-bond donors (Lipinski definition) is 0. The van der Waals surface area contributed by atoms with Gasteiger partial charge in [0.25, 0.3) is 0 Å². The molecule has 2 heterocycles. The second-order valence-electron chi connectivity index (χ2n) is 4.53. The van der Waals surface area contributed by atoms with Gasteiger partial charge in [-0.1, -0.05) is 42.3 Å². The van der Waals surface area contributed by atoms with Gasteiger partial charge in [0.05, 0.1) is 5.02 Å². The molecule has 0 saturated carbocycles. The molecule has 3 rings (SSSR count). The standard InChI is InChI=1S/C15H12Cl2N2O/c1-3-12-18-13(8(2)15(17)19-12)11-7-9-5-4-6-10(16)14(9)20-11/h4-7H,3H2,1-2H3. The summed E-state index contributed by atoms with van der Waals surface area (Å²) in [6.07, 6.45) is 0.716. The van der Waals surface area contributed by atoms with Gasteiger partial charge in [0, 0.05) is 17.4 Å². The maximum atomic E-state index is 6.16. The zero-order valence-corrected chi connectivity index (χ0v) is 12.6. The molecule has 0 aliphatic heterocycles. The van der Waals surface area contributed by atoms with Crippen LogP contribution in [0.1, 0.15) is 18.3 Å². The second-order valence-corrected chi connectivity index (χ2v) is 5.29. The van der Waals surface area contributed by atoms with Crippen LogP contribution in [0.2, 0.25) is 10.2 Å². The van der Waals surface area contributed by atoms with Crippen LogP contribution >= 0.6 is 23.2 Å². The number of nitrogens with zero attached hydrogens (tertiary/aromatic N) is 2.